The van der Waals surface area contributed by atoms with E-state index in [1.54, 1.807) is 46.8 Å². The van der Waals surface area contributed by atoms with Crippen molar-refractivity contribution in [3.05, 3.63) is 29.3 Å². The van der Waals surface area contributed by atoms with Crippen LogP contribution in [0.3, 0.4) is 0 Å². The van der Waals surface area contributed by atoms with Gasteiger partial charge in [-0.1, -0.05) is 0 Å². The van der Waals surface area contributed by atoms with E-state index in [1.165, 1.54) is 6.07 Å². The molecule has 0 aromatic heterocycles. The molecule has 0 spiro atoms. The van der Waals surface area contributed by atoms with Crippen LogP contribution in [0.25, 0.3) is 0 Å². The highest BCUT2D eigenvalue weighted by molar-refractivity contribution is 5.85. The van der Waals surface area contributed by atoms with E-state index in [9.17, 15) is 9.90 Å². The molecular formula is C17H22N2O4. The smallest absolute Gasteiger partial charge is 0.333 e. The van der Waals surface area contributed by atoms with Crippen LogP contribution in [0.15, 0.2) is 18.2 Å². The van der Waals surface area contributed by atoms with E-state index in [0.717, 1.165) is 0 Å². The number of carbonyl (C=O) groups excluding carboxylic acids is 1. The number of rotatable bonds is 1. The summed E-state index contributed by atoms with van der Waals surface area (Å²) in [4.78, 5) is 12.7. The second-order valence-corrected chi connectivity index (χ2v) is 7.25. The zero-order valence-corrected chi connectivity index (χ0v) is 14.0. The van der Waals surface area contributed by atoms with Crippen LogP contribution >= 0.6 is 0 Å². The van der Waals surface area contributed by atoms with Crippen molar-refractivity contribution in [3.63, 3.8) is 0 Å². The number of aliphatic hydroxyl groups excluding tert-OH is 1. The Balaban J connectivity index is 2.55. The zero-order chi connectivity index (χ0) is 17.6. The third-order valence-electron chi connectivity index (χ3n) is 3.96. The fraction of sp³-hybridized carbons (Fsp3) is 0.529. The van der Waals surface area contributed by atoms with E-state index < -0.39 is 28.8 Å². The maximum absolute atomic E-state index is 12.7. The van der Waals surface area contributed by atoms with Crippen LogP contribution in [-0.2, 0) is 9.53 Å². The molecule has 1 aliphatic heterocycles. The van der Waals surface area contributed by atoms with E-state index in [-0.39, 0.29) is 0 Å². The molecule has 0 fully saturated rings. The molecule has 6 nitrogen and oxygen atoms in total. The standard InChI is InChI=1S/C17H22N2O4/c1-15(2,3)23-14(21)17(19)13(20)11-8-10(9-18)6-7-12(11)22-16(17,4)5/h6-8,13,20H,19H2,1-5H3. The van der Waals surface area contributed by atoms with Gasteiger partial charge < -0.3 is 20.3 Å². The topological polar surface area (TPSA) is 106 Å². The van der Waals surface area contributed by atoms with Crippen LogP contribution in [0.4, 0.5) is 0 Å². The average Bonchev–Trinajstić information content (AvgIpc) is 2.42. The Labute approximate surface area is 135 Å². The molecule has 23 heavy (non-hydrogen) atoms. The Morgan fingerprint density at radius 1 is 1.43 bits per heavy atom. The third kappa shape index (κ3) is 2.78. The Morgan fingerprint density at radius 2 is 2.04 bits per heavy atom. The van der Waals surface area contributed by atoms with Gasteiger partial charge in [0, 0.05) is 5.56 Å². The summed E-state index contributed by atoms with van der Waals surface area (Å²) in [7, 11) is 0. The molecule has 0 aliphatic carbocycles. The van der Waals surface area contributed by atoms with E-state index in [2.05, 4.69) is 0 Å². The summed E-state index contributed by atoms with van der Waals surface area (Å²) in [6, 6.07) is 6.64. The minimum absolute atomic E-state index is 0.303. The van der Waals surface area contributed by atoms with Crippen molar-refractivity contribution in [3.8, 4) is 11.8 Å². The minimum Gasteiger partial charge on any atom is -0.485 e. The number of nitrogens with two attached hydrogens (primary N) is 1. The molecule has 2 rings (SSSR count). The second-order valence-electron chi connectivity index (χ2n) is 7.25. The zero-order valence-electron chi connectivity index (χ0n) is 14.0. The van der Waals surface area contributed by atoms with Gasteiger partial charge in [0.15, 0.2) is 5.54 Å². The van der Waals surface area contributed by atoms with Crippen molar-refractivity contribution in [2.45, 2.75) is 57.5 Å². The number of ether oxygens (including phenoxy) is 2. The number of esters is 1. The van der Waals surface area contributed by atoms with Gasteiger partial charge in [-0.15, -0.1) is 0 Å². The normalized spacial score (nSPS) is 25.7. The molecular weight excluding hydrogens is 296 g/mol. The molecule has 2 atom stereocenters. The number of benzene rings is 1. The van der Waals surface area contributed by atoms with Crippen molar-refractivity contribution in [1.82, 2.24) is 0 Å². The van der Waals surface area contributed by atoms with Gasteiger partial charge in [0.05, 0.1) is 11.6 Å². The SMILES string of the molecule is CC(C)(C)OC(=O)C1(N)C(O)c2cc(C#N)ccc2OC1(C)C. The van der Waals surface area contributed by atoms with Crippen LogP contribution in [-0.4, -0.2) is 27.8 Å². The quantitative estimate of drug-likeness (QED) is 0.765. The summed E-state index contributed by atoms with van der Waals surface area (Å²) in [6.45, 7) is 8.42. The van der Waals surface area contributed by atoms with Crippen LogP contribution in [0, 0.1) is 11.3 Å². The number of fused-ring (bicyclic) bond motifs is 1. The predicted octanol–water partition coefficient (Wildman–Crippen LogP) is 1.80. The van der Waals surface area contributed by atoms with Crippen molar-refractivity contribution in [2.75, 3.05) is 0 Å². The average molecular weight is 318 g/mol. The molecule has 1 heterocycles. The van der Waals surface area contributed by atoms with Gasteiger partial charge in [-0.05, 0) is 52.8 Å². The lowest BCUT2D eigenvalue weighted by Crippen LogP contribution is -2.71. The monoisotopic (exact) mass is 318 g/mol. The van der Waals surface area contributed by atoms with Gasteiger partial charge in [-0.25, -0.2) is 4.79 Å². The number of nitriles is 1. The van der Waals surface area contributed by atoms with E-state index in [0.29, 0.717) is 16.9 Å². The first kappa shape index (κ1) is 17.3. The van der Waals surface area contributed by atoms with Crippen LogP contribution in [0.1, 0.15) is 51.8 Å². The molecule has 1 aromatic rings. The van der Waals surface area contributed by atoms with Crippen molar-refractivity contribution in [2.24, 2.45) is 5.73 Å². The molecule has 0 amide bonds. The largest absolute Gasteiger partial charge is 0.485 e. The number of aliphatic hydroxyl groups is 1. The summed E-state index contributed by atoms with van der Waals surface area (Å²) < 4.78 is 11.2. The maximum Gasteiger partial charge on any atom is 0.333 e. The van der Waals surface area contributed by atoms with Crippen LogP contribution < -0.4 is 10.5 Å². The Bertz CT molecular complexity index is 685. The molecule has 0 radical (unpaired) electrons. The van der Waals surface area contributed by atoms with Crippen LogP contribution in [0.2, 0.25) is 0 Å². The fourth-order valence-corrected chi connectivity index (χ4v) is 2.58. The summed E-state index contributed by atoms with van der Waals surface area (Å²) in [5, 5.41) is 19.8. The van der Waals surface area contributed by atoms with Gasteiger partial charge in [0.1, 0.15) is 23.1 Å². The summed E-state index contributed by atoms with van der Waals surface area (Å²) in [6.07, 6.45) is -1.36. The van der Waals surface area contributed by atoms with Crippen molar-refractivity contribution >= 4 is 5.97 Å². The molecule has 124 valence electrons. The first-order valence-electron chi connectivity index (χ1n) is 7.36. The summed E-state index contributed by atoms with van der Waals surface area (Å²) in [5.41, 5.74) is 3.19. The molecule has 0 saturated carbocycles. The van der Waals surface area contributed by atoms with Crippen molar-refractivity contribution in [1.29, 1.82) is 5.26 Å². The molecule has 1 aliphatic rings. The lowest BCUT2D eigenvalue weighted by molar-refractivity contribution is -0.181. The van der Waals surface area contributed by atoms with Gasteiger partial charge in [0.25, 0.3) is 0 Å². The van der Waals surface area contributed by atoms with Crippen molar-refractivity contribution < 1.29 is 19.4 Å². The summed E-state index contributed by atoms with van der Waals surface area (Å²) >= 11 is 0. The van der Waals surface area contributed by atoms with Gasteiger partial charge in [-0.3, -0.25) is 0 Å². The highest BCUT2D eigenvalue weighted by Crippen LogP contribution is 2.46. The lowest BCUT2D eigenvalue weighted by atomic mass is 9.73. The number of hydrogen-bond donors (Lipinski definition) is 2. The highest BCUT2D eigenvalue weighted by Gasteiger charge is 2.60. The number of nitrogens with zero attached hydrogens (tertiary/aromatic N) is 1. The van der Waals surface area contributed by atoms with E-state index in [4.69, 9.17) is 20.5 Å². The third-order valence-corrected chi connectivity index (χ3v) is 3.96. The molecule has 0 saturated heterocycles. The Kier molecular flexibility index (Phi) is 3.92. The Morgan fingerprint density at radius 3 is 2.57 bits per heavy atom. The molecule has 1 aromatic carbocycles. The highest BCUT2D eigenvalue weighted by atomic mass is 16.6. The van der Waals surface area contributed by atoms with E-state index >= 15 is 0 Å². The lowest BCUT2D eigenvalue weighted by Gasteiger charge is -2.49. The first-order chi connectivity index (χ1) is 10.4. The number of hydrogen-bond acceptors (Lipinski definition) is 6. The van der Waals surface area contributed by atoms with E-state index in [1.807, 2.05) is 6.07 Å². The predicted molar refractivity (Wildman–Crippen MR) is 83.6 cm³/mol. The van der Waals surface area contributed by atoms with Gasteiger partial charge in [-0.2, -0.15) is 5.26 Å². The fourth-order valence-electron chi connectivity index (χ4n) is 2.58. The molecule has 0 bridgehead atoms. The maximum atomic E-state index is 12.7. The minimum atomic E-state index is -1.80. The first-order valence-corrected chi connectivity index (χ1v) is 7.36. The second kappa shape index (κ2) is 5.22. The van der Waals surface area contributed by atoms with Crippen LogP contribution in [0.5, 0.6) is 5.75 Å². The molecule has 3 N–H and O–H groups in total. The van der Waals surface area contributed by atoms with Gasteiger partial charge in [0.2, 0.25) is 0 Å². The number of carbonyl (C=O) groups is 1. The Hall–Kier alpha value is -2.10. The van der Waals surface area contributed by atoms with Gasteiger partial charge >= 0.3 is 5.97 Å². The molecule has 2 unspecified atom stereocenters. The molecule has 6 heteroatoms. The summed E-state index contributed by atoms with van der Waals surface area (Å²) in [5.74, 6) is -0.360.